The van der Waals surface area contributed by atoms with Gasteiger partial charge in [-0.3, -0.25) is 4.79 Å². The molecule has 1 amide bonds. The normalized spacial score (nSPS) is 10.2. The molecule has 0 spiro atoms. The number of rotatable bonds is 2. The molecule has 2 rings (SSSR count). The summed E-state index contributed by atoms with van der Waals surface area (Å²) in [5.74, 6) is -0.957. The fraction of sp³-hybridized carbons (Fsp3) is 0.0909. The molecule has 0 aliphatic rings. The molecule has 2 aromatic rings. The third-order valence-corrected chi connectivity index (χ3v) is 2.07. The van der Waals surface area contributed by atoms with Gasteiger partial charge >= 0.3 is 0 Å². The minimum absolute atomic E-state index is 0.177. The van der Waals surface area contributed by atoms with Gasteiger partial charge in [0, 0.05) is 12.1 Å². The second-order valence-electron chi connectivity index (χ2n) is 3.44. The largest absolute Gasteiger partial charge is 0.508 e. The van der Waals surface area contributed by atoms with Crippen LogP contribution in [0.15, 0.2) is 28.8 Å². The van der Waals surface area contributed by atoms with Crippen LogP contribution in [0.4, 0.5) is 10.2 Å². The molecular weight excluding hydrogens is 227 g/mol. The van der Waals surface area contributed by atoms with Crippen molar-refractivity contribution < 1.29 is 18.8 Å². The standard InChI is InChI=1S/C11H9FN2O3/c1-6-4-10(14-17-6)13-11(16)8-3-2-7(15)5-9(8)12/h2-5,15H,1H3,(H,13,14,16). The lowest BCUT2D eigenvalue weighted by atomic mass is 10.2. The van der Waals surface area contributed by atoms with E-state index in [4.69, 9.17) is 9.63 Å². The zero-order valence-electron chi connectivity index (χ0n) is 8.90. The lowest BCUT2D eigenvalue weighted by Crippen LogP contribution is -2.13. The molecule has 1 aromatic carbocycles. The van der Waals surface area contributed by atoms with Gasteiger partial charge < -0.3 is 14.9 Å². The summed E-state index contributed by atoms with van der Waals surface area (Å²) in [6, 6.07) is 4.79. The summed E-state index contributed by atoms with van der Waals surface area (Å²) in [5, 5.41) is 14.9. The summed E-state index contributed by atoms with van der Waals surface area (Å²) >= 11 is 0. The number of nitrogens with one attached hydrogen (secondary N) is 1. The molecule has 2 N–H and O–H groups in total. The second kappa shape index (κ2) is 4.25. The molecule has 0 atom stereocenters. The number of nitrogens with zero attached hydrogens (tertiary/aromatic N) is 1. The van der Waals surface area contributed by atoms with E-state index >= 15 is 0 Å². The smallest absolute Gasteiger partial charge is 0.259 e. The number of amides is 1. The van der Waals surface area contributed by atoms with Crippen LogP contribution in [0.1, 0.15) is 16.1 Å². The number of phenols is 1. The summed E-state index contributed by atoms with van der Waals surface area (Å²) in [5.41, 5.74) is -0.177. The number of carbonyl (C=O) groups is 1. The Bertz CT molecular complexity index is 566. The summed E-state index contributed by atoms with van der Waals surface area (Å²) < 4.78 is 18.1. The number of aryl methyl sites for hydroxylation is 1. The van der Waals surface area contributed by atoms with Crippen molar-refractivity contribution in [2.45, 2.75) is 6.92 Å². The number of phenolic OH excluding ortho intramolecular Hbond substituents is 1. The molecule has 5 nitrogen and oxygen atoms in total. The fourth-order valence-electron chi connectivity index (χ4n) is 1.30. The van der Waals surface area contributed by atoms with Crippen molar-refractivity contribution in [3.8, 4) is 5.75 Å². The maximum absolute atomic E-state index is 13.3. The molecule has 0 aliphatic carbocycles. The first-order chi connectivity index (χ1) is 8.06. The monoisotopic (exact) mass is 236 g/mol. The zero-order chi connectivity index (χ0) is 12.4. The predicted octanol–water partition coefficient (Wildman–Crippen LogP) is 2.08. The Kier molecular flexibility index (Phi) is 2.78. The average molecular weight is 236 g/mol. The maximum Gasteiger partial charge on any atom is 0.259 e. The van der Waals surface area contributed by atoms with Gasteiger partial charge in [0.25, 0.3) is 5.91 Å². The quantitative estimate of drug-likeness (QED) is 0.837. The molecule has 6 heteroatoms. The molecular formula is C11H9FN2O3. The molecule has 0 radical (unpaired) electrons. The highest BCUT2D eigenvalue weighted by atomic mass is 19.1. The van der Waals surface area contributed by atoms with E-state index in [0.29, 0.717) is 5.76 Å². The van der Waals surface area contributed by atoms with Gasteiger partial charge in [0.1, 0.15) is 17.3 Å². The summed E-state index contributed by atoms with van der Waals surface area (Å²) in [4.78, 5) is 11.6. The molecule has 0 saturated heterocycles. The Morgan fingerprint density at radius 1 is 1.47 bits per heavy atom. The highest BCUT2D eigenvalue weighted by Crippen LogP contribution is 2.16. The highest BCUT2D eigenvalue weighted by molar-refractivity contribution is 6.04. The van der Waals surface area contributed by atoms with Crippen LogP contribution in [0.3, 0.4) is 0 Å². The van der Waals surface area contributed by atoms with Gasteiger partial charge in [0.05, 0.1) is 5.56 Å². The maximum atomic E-state index is 13.3. The van der Waals surface area contributed by atoms with Gasteiger partial charge in [-0.2, -0.15) is 0 Å². The van der Waals surface area contributed by atoms with Crippen molar-refractivity contribution >= 4 is 11.7 Å². The van der Waals surface area contributed by atoms with Crippen molar-refractivity contribution in [2.24, 2.45) is 0 Å². The Hall–Kier alpha value is -2.37. The van der Waals surface area contributed by atoms with Crippen molar-refractivity contribution in [3.63, 3.8) is 0 Å². The number of anilines is 1. The number of aromatic hydroxyl groups is 1. The molecule has 1 heterocycles. The zero-order valence-corrected chi connectivity index (χ0v) is 8.90. The van der Waals surface area contributed by atoms with E-state index in [2.05, 4.69) is 10.5 Å². The van der Waals surface area contributed by atoms with Crippen LogP contribution >= 0.6 is 0 Å². The molecule has 0 saturated carbocycles. The molecule has 17 heavy (non-hydrogen) atoms. The summed E-state index contributed by atoms with van der Waals surface area (Å²) in [7, 11) is 0. The van der Waals surface area contributed by atoms with Crippen molar-refractivity contribution in [2.75, 3.05) is 5.32 Å². The minimum Gasteiger partial charge on any atom is -0.508 e. The molecule has 0 unspecified atom stereocenters. The first kappa shape index (κ1) is 11.1. The van der Waals surface area contributed by atoms with Gasteiger partial charge in [-0.25, -0.2) is 4.39 Å². The van der Waals surface area contributed by atoms with E-state index in [-0.39, 0.29) is 17.1 Å². The lowest BCUT2D eigenvalue weighted by Gasteiger charge is -2.02. The van der Waals surface area contributed by atoms with Crippen molar-refractivity contribution in [1.29, 1.82) is 0 Å². The van der Waals surface area contributed by atoms with E-state index in [1.165, 1.54) is 18.2 Å². The Labute approximate surface area is 95.9 Å². The van der Waals surface area contributed by atoms with Crippen LogP contribution in [-0.4, -0.2) is 16.2 Å². The molecule has 0 aliphatic heterocycles. The molecule has 0 bridgehead atoms. The number of aromatic nitrogens is 1. The number of halogens is 1. The van der Waals surface area contributed by atoms with Crippen molar-refractivity contribution in [3.05, 3.63) is 41.4 Å². The van der Waals surface area contributed by atoms with Crippen LogP contribution in [0, 0.1) is 12.7 Å². The number of carbonyl (C=O) groups excluding carboxylic acids is 1. The van der Waals surface area contributed by atoms with Crippen molar-refractivity contribution in [1.82, 2.24) is 5.16 Å². The van der Waals surface area contributed by atoms with Gasteiger partial charge in [0.2, 0.25) is 0 Å². The van der Waals surface area contributed by atoms with Crippen LogP contribution in [0.25, 0.3) is 0 Å². The third kappa shape index (κ3) is 2.41. The van der Waals surface area contributed by atoms with E-state index < -0.39 is 11.7 Å². The van der Waals surface area contributed by atoms with E-state index in [1.807, 2.05) is 0 Å². The van der Waals surface area contributed by atoms with Crippen LogP contribution in [0.5, 0.6) is 5.75 Å². The van der Waals surface area contributed by atoms with E-state index in [9.17, 15) is 9.18 Å². The first-order valence-corrected chi connectivity index (χ1v) is 4.79. The topological polar surface area (TPSA) is 75.4 Å². The Morgan fingerprint density at radius 2 is 2.24 bits per heavy atom. The summed E-state index contributed by atoms with van der Waals surface area (Å²) in [6.45, 7) is 1.67. The fourth-order valence-corrected chi connectivity index (χ4v) is 1.30. The van der Waals surface area contributed by atoms with Gasteiger partial charge in [-0.05, 0) is 19.1 Å². The van der Waals surface area contributed by atoms with Crippen LogP contribution < -0.4 is 5.32 Å². The highest BCUT2D eigenvalue weighted by Gasteiger charge is 2.13. The number of benzene rings is 1. The summed E-state index contributed by atoms with van der Waals surface area (Å²) in [6.07, 6.45) is 0. The lowest BCUT2D eigenvalue weighted by molar-refractivity contribution is 0.102. The van der Waals surface area contributed by atoms with Crippen LogP contribution in [-0.2, 0) is 0 Å². The predicted molar refractivity (Wildman–Crippen MR) is 57.3 cm³/mol. The minimum atomic E-state index is -0.803. The van der Waals surface area contributed by atoms with E-state index in [0.717, 1.165) is 6.07 Å². The number of hydrogen-bond acceptors (Lipinski definition) is 4. The van der Waals surface area contributed by atoms with Crippen LogP contribution in [0.2, 0.25) is 0 Å². The Balaban J connectivity index is 2.20. The molecule has 1 aromatic heterocycles. The second-order valence-corrected chi connectivity index (χ2v) is 3.44. The van der Waals surface area contributed by atoms with Gasteiger partial charge in [-0.15, -0.1) is 0 Å². The van der Waals surface area contributed by atoms with Gasteiger partial charge in [0.15, 0.2) is 5.82 Å². The average Bonchev–Trinajstić information content (AvgIpc) is 2.63. The molecule has 88 valence electrons. The first-order valence-electron chi connectivity index (χ1n) is 4.79. The Morgan fingerprint density at radius 3 is 2.82 bits per heavy atom. The molecule has 0 fully saturated rings. The third-order valence-electron chi connectivity index (χ3n) is 2.07. The number of hydrogen-bond donors (Lipinski definition) is 2. The SMILES string of the molecule is Cc1cc(NC(=O)c2ccc(O)cc2F)no1. The van der Waals surface area contributed by atoms with Gasteiger partial charge in [-0.1, -0.05) is 5.16 Å². The van der Waals surface area contributed by atoms with E-state index in [1.54, 1.807) is 6.92 Å².